The standard InChI is InChI=1S/C28H30N2O5/c1-19(31)21-13-15-22(16-14-21)29-26(32)25(30-27(33)35-28(2,3)4)18-20-9-8-12-24(17-20)34-23-10-6-5-7-11-23/h5-17,25H,18H2,1-4H3,(H,29,32)(H,30,33). The fraction of sp³-hybridized carbons (Fsp3) is 0.250. The SMILES string of the molecule is CC(=O)c1ccc(NC(=O)C(Cc2cccc(Oc3ccccc3)c2)NC(=O)OC(C)(C)C)cc1. The van der Waals surface area contributed by atoms with Gasteiger partial charge in [-0.15, -0.1) is 0 Å². The van der Waals surface area contributed by atoms with Crippen molar-refractivity contribution in [1.82, 2.24) is 5.32 Å². The smallest absolute Gasteiger partial charge is 0.408 e. The Morgan fingerprint density at radius 1 is 0.857 bits per heavy atom. The van der Waals surface area contributed by atoms with Gasteiger partial charge in [0.1, 0.15) is 23.1 Å². The molecule has 35 heavy (non-hydrogen) atoms. The molecule has 0 aromatic heterocycles. The highest BCUT2D eigenvalue weighted by Crippen LogP contribution is 2.23. The van der Waals surface area contributed by atoms with Gasteiger partial charge in [0.05, 0.1) is 0 Å². The van der Waals surface area contributed by atoms with Crippen molar-refractivity contribution in [2.45, 2.75) is 45.8 Å². The Hall–Kier alpha value is -4.13. The molecule has 3 aromatic carbocycles. The van der Waals surface area contributed by atoms with Crippen LogP contribution >= 0.6 is 0 Å². The van der Waals surface area contributed by atoms with Crippen molar-refractivity contribution in [3.8, 4) is 11.5 Å². The lowest BCUT2D eigenvalue weighted by Crippen LogP contribution is -2.47. The number of hydrogen-bond donors (Lipinski definition) is 2. The molecule has 2 amide bonds. The largest absolute Gasteiger partial charge is 0.457 e. The topological polar surface area (TPSA) is 93.7 Å². The first kappa shape index (κ1) is 25.5. The van der Waals surface area contributed by atoms with Gasteiger partial charge in [0.2, 0.25) is 5.91 Å². The van der Waals surface area contributed by atoms with Crippen LogP contribution in [0.25, 0.3) is 0 Å². The maximum absolute atomic E-state index is 13.1. The fourth-order valence-electron chi connectivity index (χ4n) is 3.27. The van der Waals surface area contributed by atoms with Crippen molar-refractivity contribution < 1.29 is 23.9 Å². The molecule has 0 saturated carbocycles. The van der Waals surface area contributed by atoms with Gasteiger partial charge in [0, 0.05) is 17.7 Å². The number of alkyl carbamates (subject to hydrolysis) is 1. The normalized spacial score (nSPS) is 11.8. The van der Waals surface area contributed by atoms with E-state index in [-0.39, 0.29) is 12.2 Å². The van der Waals surface area contributed by atoms with Crippen LogP contribution in [0.3, 0.4) is 0 Å². The van der Waals surface area contributed by atoms with E-state index in [0.29, 0.717) is 22.7 Å². The van der Waals surface area contributed by atoms with Crippen LogP contribution in [0.1, 0.15) is 43.6 Å². The number of ether oxygens (including phenoxy) is 2. The summed E-state index contributed by atoms with van der Waals surface area (Å²) in [5.74, 6) is 0.829. The summed E-state index contributed by atoms with van der Waals surface area (Å²) >= 11 is 0. The van der Waals surface area contributed by atoms with Crippen molar-refractivity contribution in [3.63, 3.8) is 0 Å². The molecule has 0 saturated heterocycles. The molecule has 0 fully saturated rings. The number of ketones is 1. The highest BCUT2D eigenvalue weighted by molar-refractivity contribution is 5.98. The minimum atomic E-state index is -0.913. The monoisotopic (exact) mass is 474 g/mol. The molecular weight excluding hydrogens is 444 g/mol. The van der Waals surface area contributed by atoms with Gasteiger partial charge >= 0.3 is 6.09 Å². The van der Waals surface area contributed by atoms with Gasteiger partial charge in [-0.3, -0.25) is 9.59 Å². The van der Waals surface area contributed by atoms with E-state index >= 15 is 0 Å². The lowest BCUT2D eigenvalue weighted by molar-refractivity contribution is -0.118. The first-order valence-electron chi connectivity index (χ1n) is 11.3. The van der Waals surface area contributed by atoms with E-state index in [1.807, 2.05) is 54.6 Å². The summed E-state index contributed by atoms with van der Waals surface area (Å²) in [5, 5.41) is 5.47. The van der Waals surface area contributed by atoms with E-state index in [1.165, 1.54) is 6.92 Å². The third kappa shape index (κ3) is 8.30. The van der Waals surface area contributed by atoms with Gasteiger partial charge in [0.15, 0.2) is 5.78 Å². The number of carbonyl (C=O) groups is 3. The number of nitrogens with one attached hydrogen (secondary N) is 2. The summed E-state index contributed by atoms with van der Waals surface area (Å²) in [7, 11) is 0. The second kappa shape index (κ2) is 11.3. The van der Waals surface area contributed by atoms with Crippen LogP contribution in [0.15, 0.2) is 78.9 Å². The molecule has 1 unspecified atom stereocenters. The summed E-state index contributed by atoms with van der Waals surface area (Å²) in [6, 6.07) is 22.4. The number of benzene rings is 3. The van der Waals surface area contributed by atoms with Crippen LogP contribution in [0.4, 0.5) is 10.5 Å². The Morgan fingerprint density at radius 2 is 1.51 bits per heavy atom. The van der Waals surface area contributed by atoms with E-state index in [2.05, 4.69) is 10.6 Å². The number of rotatable bonds is 8. The zero-order valence-electron chi connectivity index (χ0n) is 20.3. The Kier molecular flexibility index (Phi) is 8.25. The first-order valence-corrected chi connectivity index (χ1v) is 11.3. The lowest BCUT2D eigenvalue weighted by Gasteiger charge is -2.23. The predicted octanol–water partition coefficient (Wildman–Crippen LogP) is 5.76. The molecule has 0 aliphatic heterocycles. The molecular formula is C28H30N2O5. The third-order valence-corrected chi connectivity index (χ3v) is 4.88. The van der Waals surface area contributed by atoms with Crippen LogP contribution in [0.2, 0.25) is 0 Å². The molecule has 2 N–H and O–H groups in total. The van der Waals surface area contributed by atoms with Gasteiger partial charge in [0.25, 0.3) is 0 Å². The Morgan fingerprint density at radius 3 is 2.14 bits per heavy atom. The Labute approximate surface area is 205 Å². The quantitative estimate of drug-likeness (QED) is 0.405. The predicted molar refractivity (Wildman–Crippen MR) is 135 cm³/mol. The second-order valence-corrected chi connectivity index (χ2v) is 9.09. The summed E-state index contributed by atoms with van der Waals surface area (Å²) in [6.07, 6.45) is -0.482. The van der Waals surface area contributed by atoms with Crippen LogP contribution < -0.4 is 15.4 Å². The molecule has 0 bridgehead atoms. The lowest BCUT2D eigenvalue weighted by atomic mass is 10.0. The maximum atomic E-state index is 13.1. The van der Waals surface area contributed by atoms with E-state index in [0.717, 1.165) is 5.56 Å². The summed E-state index contributed by atoms with van der Waals surface area (Å²) in [4.78, 5) is 37.1. The van der Waals surface area contributed by atoms with E-state index in [1.54, 1.807) is 45.0 Å². The summed E-state index contributed by atoms with van der Waals surface area (Å²) in [5.41, 5.74) is 1.14. The zero-order valence-corrected chi connectivity index (χ0v) is 20.3. The molecule has 0 radical (unpaired) electrons. The Bertz CT molecular complexity index is 1170. The van der Waals surface area contributed by atoms with E-state index in [9.17, 15) is 14.4 Å². The van der Waals surface area contributed by atoms with Crippen LogP contribution in [-0.2, 0) is 16.0 Å². The molecule has 3 aromatic rings. The summed E-state index contributed by atoms with van der Waals surface area (Å²) < 4.78 is 11.3. The average Bonchev–Trinajstić information content (AvgIpc) is 2.78. The van der Waals surface area contributed by atoms with Gasteiger partial charge in [-0.1, -0.05) is 30.3 Å². The number of Topliss-reactive ketones (excluding diaryl/α,β-unsaturated/α-hetero) is 1. The minimum Gasteiger partial charge on any atom is -0.457 e. The highest BCUT2D eigenvalue weighted by Gasteiger charge is 2.25. The van der Waals surface area contributed by atoms with Crippen molar-refractivity contribution in [3.05, 3.63) is 90.0 Å². The highest BCUT2D eigenvalue weighted by atomic mass is 16.6. The minimum absolute atomic E-state index is 0.0649. The third-order valence-electron chi connectivity index (χ3n) is 4.88. The van der Waals surface area contributed by atoms with Crippen LogP contribution in [-0.4, -0.2) is 29.4 Å². The van der Waals surface area contributed by atoms with Gasteiger partial charge in [-0.25, -0.2) is 4.79 Å². The number of hydrogen-bond acceptors (Lipinski definition) is 5. The number of anilines is 1. The van der Waals surface area contributed by atoms with E-state index in [4.69, 9.17) is 9.47 Å². The number of carbonyl (C=O) groups excluding carboxylic acids is 3. The van der Waals surface area contributed by atoms with E-state index < -0.39 is 23.6 Å². The van der Waals surface area contributed by atoms with Crippen LogP contribution in [0, 0.1) is 0 Å². The Balaban J connectivity index is 1.77. The molecule has 7 heteroatoms. The van der Waals surface area contributed by atoms with Crippen molar-refractivity contribution >= 4 is 23.5 Å². The molecule has 7 nitrogen and oxygen atoms in total. The summed E-state index contributed by atoms with van der Waals surface area (Å²) in [6.45, 7) is 6.73. The zero-order chi connectivity index (χ0) is 25.4. The molecule has 3 rings (SSSR count). The molecule has 0 aliphatic carbocycles. The molecule has 1 atom stereocenters. The molecule has 0 heterocycles. The van der Waals surface area contributed by atoms with Crippen molar-refractivity contribution in [2.24, 2.45) is 0 Å². The molecule has 182 valence electrons. The van der Waals surface area contributed by atoms with Crippen molar-refractivity contribution in [2.75, 3.05) is 5.32 Å². The number of para-hydroxylation sites is 1. The average molecular weight is 475 g/mol. The van der Waals surface area contributed by atoms with Gasteiger partial charge < -0.3 is 20.1 Å². The second-order valence-electron chi connectivity index (χ2n) is 9.09. The molecule has 0 aliphatic rings. The van der Waals surface area contributed by atoms with Crippen LogP contribution in [0.5, 0.6) is 11.5 Å². The first-order chi connectivity index (χ1) is 16.6. The number of amides is 2. The van der Waals surface area contributed by atoms with Gasteiger partial charge in [-0.05, 0) is 81.8 Å². The van der Waals surface area contributed by atoms with Gasteiger partial charge in [-0.2, -0.15) is 0 Å². The maximum Gasteiger partial charge on any atom is 0.408 e. The fourth-order valence-corrected chi connectivity index (χ4v) is 3.27. The molecule has 0 spiro atoms. The van der Waals surface area contributed by atoms with Crippen molar-refractivity contribution in [1.29, 1.82) is 0 Å².